The first-order valence-electron chi connectivity index (χ1n) is 5.23. The lowest BCUT2D eigenvalue weighted by Gasteiger charge is -2.27. The summed E-state index contributed by atoms with van der Waals surface area (Å²) in [6.45, 7) is 8.36. The van der Waals surface area contributed by atoms with E-state index in [0.29, 0.717) is 13.0 Å². The summed E-state index contributed by atoms with van der Waals surface area (Å²) in [5.74, 6) is -0.160. The molecule has 1 fully saturated rings. The van der Waals surface area contributed by atoms with Gasteiger partial charge in [-0.2, -0.15) is 0 Å². The summed E-state index contributed by atoms with van der Waals surface area (Å²) in [4.78, 5) is 11.3. The van der Waals surface area contributed by atoms with Crippen LogP contribution in [0.25, 0.3) is 0 Å². The largest absolute Gasteiger partial charge is 0.466 e. The molecule has 0 spiro atoms. The Morgan fingerprint density at radius 3 is 2.43 bits per heavy atom. The van der Waals surface area contributed by atoms with Crippen LogP contribution in [0.1, 0.15) is 47.0 Å². The van der Waals surface area contributed by atoms with Gasteiger partial charge in [0.2, 0.25) is 0 Å². The average molecular weight is 200 g/mol. The standard InChI is InChI=1S/C11H20O3/c1-5-13-9(12)8-11(4)7-6-10(2,3)14-11/h5-8H2,1-4H3. The molecule has 1 aliphatic heterocycles. The fourth-order valence-corrected chi connectivity index (χ4v) is 1.98. The van der Waals surface area contributed by atoms with E-state index >= 15 is 0 Å². The molecule has 3 heteroatoms. The van der Waals surface area contributed by atoms with E-state index in [1.165, 1.54) is 0 Å². The van der Waals surface area contributed by atoms with Gasteiger partial charge in [-0.1, -0.05) is 0 Å². The minimum Gasteiger partial charge on any atom is -0.466 e. The molecule has 3 nitrogen and oxygen atoms in total. The van der Waals surface area contributed by atoms with E-state index in [4.69, 9.17) is 9.47 Å². The first-order chi connectivity index (χ1) is 6.37. The molecule has 1 rings (SSSR count). The van der Waals surface area contributed by atoms with Crippen molar-refractivity contribution >= 4 is 5.97 Å². The maximum atomic E-state index is 11.3. The fourth-order valence-electron chi connectivity index (χ4n) is 1.98. The zero-order valence-electron chi connectivity index (χ0n) is 9.55. The molecule has 0 aromatic rings. The van der Waals surface area contributed by atoms with Crippen molar-refractivity contribution in [1.29, 1.82) is 0 Å². The summed E-state index contributed by atoms with van der Waals surface area (Å²) in [5, 5.41) is 0. The molecule has 1 unspecified atom stereocenters. The van der Waals surface area contributed by atoms with Crippen molar-refractivity contribution in [3.8, 4) is 0 Å². The summed E-state index contributed by atoms with van der Waals surface area (Å²) >= 11 is 0. The predicted octanol–water partition coefficient (Wildman–Crippen LogP) is 2.29. The van der Waals surface area contributed by atoms with Gasteiger partial charge in [0.05, 0.1) is 24.2 Å². The third-order valence-electron chi connectivity index (χ3n) is 2.60. The second kappa shape index (κ2) is 3.89. The Morgan fingerprint density at radius 1 is 1.36 bits per heavy atom. The van der Waals surface area contributed by atoms with E-state index < -0.39 is 0 Å². The van der Waals surface area contributed by atoms with Gasteiger partial charge in [-0.05, 0) is 40.5 Å². The molecule has 0 saturated carbocycles. The number of ether oxygens (including phenoxy) is 2. The minimum atomic E-state index is -0.324. The van der Waals surface area contributed by atoms with Crippen LogP contribution >= 0.6 is 0 Å². The number of hydrogen-bond donors (Lipinski definition) is 0. The van der Waals surface area contributed by atoms with E-state index in [-0.39, 0.29) is 17.2 Å². The Labute approximate surface area is 85.8 Å². The Kier molecular flexibility index (Phi) is 3.20. The lowest BCUT2D eigenvalue weighted by Crippen LogP contribution is -2.32. The molecule has 1 saturated heterocycles. The van der Waals surface area contributed by atoms with Crippen LogP contribution in [0.2, 0.25) is 0 Å². The second-order valence-corrected chi connectivity index (χ2v) is 4.79. The first kappa shape index (κ1) is 11.5. The molecule has 0 radical (unpaired) electrons. The quantitative estimate of drug-likeness (QED) is 0.656. The van der Waals surface area contributed by atoms with Crippen LogP contribution in [0.3, 0.4) is 0 Å². The van der Waals surface area contributed by atoms with Gasteiger partial charge in [-0.3, -0.25) is 4.79 Å². The molecule has 0 N–H and O–H groups in total. The van der Waals surface area contributed by atoms with Crippen LogP contribution in [0.5, 0.6) is 0 Å². The lowest BCUT2D eigenvalue weighted by molar-refractivity contribution is -0.152. The number of carbonyl (C=O) groups is 1. The van der Waals surface area contributed by atoms with Crippen molar-refractivity contribution in [2.24, 2.45) is 0 Å². The van der Waals surface area contributed by atoms with Crippen LogP contribution in [-0.4, -0.2) is 23.8 Å². The van der Waals surface area contributed by atoms with Crippen LogP contribution < -0.4 is 0 Å². The van der Waals surface area contributed by atoms with E-state index in [1.807, 2.05) is 13.8 Å². The molecular formula is C11H20O3. The number of carbonyl (C=O) groups excluding carboxylic acids is 1. The summed E-state index contributed by atoms with van der Waals surface area (Å²) in [6, 6.07) is 0. The van der Waals surface area contributed by atoms with Crippen LogP contribution in [0, 0.1) is 0 Å². The van der Waals surface area contributed by atoms with E-state index in [0.717, 1.165) is 12.8 Å². The molecule has 0 bridgehead atoms. The van der Waals surface area contributed by atoms with E-state index in [1.54, 1.807) is 0 Å². The zero-order valence-corrected chi connectivity index (χ0v) is 9.55. The van der Waals surface area contributed by atoms with Crippen molar-refractivity contribution in [3.63, 3.8) is 0 Å². The topological polar surface area (TPSA) is 35.5 Å². The van der Waals surface area contributed by atoms with Crippen molar-refractivity contribution < 1.29 is 14.3 Å². The SMILES string of the molecule is CCOC(=O)CC1(C)CCC(C)(C)O1. The third-order valence-corrected chi connectivity index (χ3v) is 2.60. The van der Waals surface area contributed by atoms with Crippen LogP contribution in [0.15, 0.2) is 0 Å². The van der Waals surface area contributed by atoms with E-state index in [2.05, 4.69) is 13.8 Å². The summed E-state index contributed by atoms with van der Waals surface area (Å²) in [6.07, 6.45) is 2.30. The van der Waals surface area contributed by atoms with Crippen molar-refractivity contribution in [3.05, 3.63) is 0 Å². The maximum Gasteiger partial charge on any atom is 0.308 e. The highest BCUT2D eigenvalue weighted by atomic mass is 16.5. The van der Waals surface area contributed by atoms with Gasteiger partial charge in [0.25, 0.3) is 0 Å². The number of esters is 1. The second-order valence-electron chi connectivity index (χ2n) is 4.79. The molecule has 0 aliphatic carbocycles. The molecule has 0 aromatic heterocycles. The van der Waals surface area contributed by atoms with Gasteiger partial charge in [0.15, 0.2) is 0 Å². The molecule has 0 aromatic carbocycles. The van der Waals surface area contributed by atoms with Crippen LogP contribution in [-0.2, 0) is 14.3 Å². The minimum absolute atomic E-state index is 0.0960. The normalized spacial score (nSPS) is 30.3. The Hall–Kier alpha value is -0.570. The number of rotatable bonds is 3. The van der Waals surface area contributed by atoms with Gasteiger partial charge in [-0.15, -0.1) is 0 Å². The highest BCUT2D eigenvalue weighted by Gasteiger charge is 2.42. The zero-order chi connectivity index (χ0) is 10.8. The lowest BCUT2D eigenvalue weighted by atomic mass is 9.96. The van der Waals surface area contributed by atoms with Gasteiger partial charge >= 0.3 is 5.97 Å². The molecule has 14 heavy (non-hydrogen) atoms. The first-order valence-corrected chi connectivity index (χ1v) is 5.23. The van der Waals surface area contributed by atoms with E-state index in [9.17, 15) is 4.79 Å². The highest BCUT2D eigenvalue weighted by Crippen LogP contribution is 2.39. The number of hydrogen-bond acceptors (Lipinski definition) is 3. The van der Waals surface area contributed by atoms with Crippen LogP contribution in [0.4, 0.5) is 0 Å². The molecule has 1 heterocycles. The van der Waals surface area contributed by atoms with Gasteiger partial charge in [-0.25, -0.2) is 0 Å². The third kappa shape index (κ3) is 2.98. The highest BCUT2D eigenvalue weighted by molar-refractivity contribution is 5.70. The Bertz CT molecular complexity index is 223. The maximum absolute atomic E-state index is 11.3. The molecule has 1 atom stereocenters. The Balaban J connectivity index is 2.48. The summed E-state index contributed by atoms with van der Waals surface area (Å²) in [5.41, 5.74) is -0.420. The van der Waals surface area contributed by atoms with Crippen molar-refractivity contribution in [2.75, 3.05) is 6.61 Å². The smallest absolute Gasteiger partial charge is 0.308 e. The van der Waals surface area contributed by atoms with Gasteiger partial charge in [0, 0.05) is 0 Å². The molecular weight excluding hydrogens is 180 g/mol. The monoisotopic (exact) mass is 200 g/mol. The van der Waals surface area contributed by atoms with Gasteiger partial charge < -0.3 is 9.47 Å². The average Bonchev–Trinajstić information content (AvgIpc) is 2.25. The fraction of sp³-hybridized carbons (Fsp3) is 0.909. The van der Waals surface area contributed by atoms with Crippen molar-refractivity contribution in [2.45, 2.75) is 58.2 Å². The molecule has 1 aliphatic rings. The molecule has 0 amide bonds. The van der Waals surface area contributed by atoms with Gasteiger partial charge in [0.1, 0.15) is 0 Å². The molecule has 82 valence electrons. The predicted molar refractivity (Wildman–Crippen MR) is 54.1 cm³/mol. The summed E-state index contributed by atoms with van der Waals surface area (Å²) < 4.78 is 10.8. The summed E-state index contributed by atoms with van der Waals surface area (Å²) in [7, 11) is 0. The Morgan fingerprint density at radius 2 is 2.00 bits per heavy atom. The van der Waals surface area contributed by atoms with Crippen molar-refractivity contribution in [1.82, 2.24) is 0 Å².